The zero-order valence-electron chi connectivity index (χ0n) is 18.2. The molecule has 11 heteroatoms. The molecule has 0 bridgehead atoms. The number of allylic oxidation sites excluding steroid dienone is 2. The Balaban J connectivity index is 1.91. The molecule has 0 spiro atoms. The molecular formula is C22H24N2O9. The van der Waals surface area contributed by atoms with E-state index in [9.17, 15) is 29.9 Å². The van der Waals surface area contributed by atoms with Crippen molar-refractivity contribution in [2.24, 2.45) is 0 Å². The van der Waals surface area contributed by atoms with E-state index in [-0.39, 0.29) is 30.0 Å². The van der Waals surface area contributed by atoms with Crippen LogP contribution in [0, 0.1) is 10.1 Å². The van der Waals surface area contributed by atoms with Gasteiger partial charge in [0, 0.05) is 35.0 Å². The third-order valence-corrected chi connectivity index (χ3v) is 6.37. The maximum absolute atomic E-state index is 14.1. The molecule has 0 amide bonds. The number of nitrogens with zero attached hydrogens (tertiary/aromatic N) is 1. The topological polar surface area (TPSA) is 157 Å². The molecular weight excluding hydrogens is 436 g/mol. The van der Waals surface area contributed by atoms with Crippen LogP contribution in [0.1, 0.15) is 25.3 Å². The summed E-state index contributed by atoms with van der Waals surface area (Å²) >= 11 is 0. The molecule has 3 heterocycles. The van der Waals surface area contributed by atoms with Crippen LogP contribution in [0.4, 0.5) is 5.69 Å². The quantitative estimate of drug-likeness (QED) is 0.320. The minimum absolute atomic E-state index is 0.0603. The average Bonchev–Trinajstić information content (AvgIpc) is 3.30. The minimum atomic E-state index is -1.87. The van der Waals surface area contributed by atoms with Crippen LogP contribution >= 0.6 is 0 Å². The van der Waals surface area contributed by atoms with Gasteiger partial charge in [-0.2, -0.15) is 0 Å². The molecule has 33 heavy (non-hydrogen) atoms. The number of ketones is 1. The molecule has 3 aliphatic heterocycles. The Hall–Kier alpha value is -3.12. The Kier molecular flexibility index (Phi) is 5.83. The highest BCUT2D eigenvalue weighted by molar-refractivity contribution is 6.08. The predicted molar refractivity (Wildman–Crippen MR) is 112 cm³/mol. The van der Waals surface area contributed by atoms with Crippen LogP contribution < -0.4 is 5.32 Å². The first kappa shape index (κ1) is 23.1. The standard InChI is InChI=1S/C22H24N2O9/c1-10-16(19(27)22-15(26)9-32-20(22)14(25)8-33-22)18(17(11(2)23-10)21(28)31-3)12-5-4-6-13(7-12)24(29)30/h4-7,14-15,18,20,23,25-26H,8-9H2,1-3H3/t14-,15+,18?,20-,22+/m1/s1. The lowest BCUT2D eigenvalue weighted by Crippen LogP contribution is -2.55. The summed E-state index contributed by atoms with van der Waals surface area (Å²) in [6.45, 7) is 2.82. The van der Waals surface area contributed by atoms with Crippen molar-refractivity contribution in [1.29, 1.82) is 0 Å². The second-order valence-electron chi connectivity index (χ2n) is 8.25. The monoisotopic (exact) mass is 460 g/mol. The van der Waals surface area contributed by atoms with Crippen molar-refractivity contribution in [3.8, 4) is 0 Å². The van der Waals surface area contributed by atoms with E-state index in [1.165, 1.54) is 25.3 Å². The fraction of sp³-hybridized carbons (Fsp3) is 0.455. The molecule has 4 rings (SSSR count). The highest BCUT2D eigenvalue weighted by Crippen LogP contribution is 2.46. The van der Waals surface area contributed by atoms with Crippen molar-refractivity contribution < 1.29 is 38.9 Å². The summed E-state index contributed by atoms with van der Waals surface area (Å²) in [5.74, 6) is -2.45. The lowest BCUT2D eigenvalue weighted by molar-refractivity contribution is -0.384. The van der Waals surface area contributed by atoms with Crippen molar-refractivity contribution in [3.63, 3.8) is 0 Å². The maximum atomic E-state index is 14.1. The molecule has 3 N–H and O–H groups in total. The molecule has 1 aromatic rings. The van der Waals surface area contributed by atoms with Gasteiger partial charge < -0.3 is 29.7 Å². The molecule has 1 unspecified atom stereocenters. The number of ether oxygens (including phenoxy) is 3. The molecule has 176 valence electrons. The number of Topliss-reactive ketones (excluding diaryl/α,β-unsaturated/α-hetero) is 1. The number of fused-ring (bicyclic) bond motifs is 1. The largest absolute Gasteiger partial charge is 0.466 e. The Morgan fingerprint density at radius 2 is 1.91 bits per heavy atom. The third kappa shape index (κ3) is 3.44. The molecule has 3 aliphatic rings. The number of non-ortho nitro benzene ring substituents is 1. The van der Waals surface area contributed by atoms with Crippen LogP contribution in [0.3, 0.4) is 0 Å². The number of aliphatic hydroxyl groups excluding tert-OH is 2. The van der Waals surface area contributed by atoms with Crippen LogP contribution in [0.15, 0.2) is 46.8 Å². The van der Waals surface area contributed by atoms with Gasteiger partial charge in [-0.15, -0.1) is 0 Å². The van der Waals surface area contributed by atoms with Gasteiger partial charge in [0.2, 0.25) is 0 Å². The van der Waals surface area contributed by atoms with E-state index in [4.69, 9.17) is 14.2 Å². The maximum Gasteiger partial charge on any atom is 0.336 e. The molecule has 5 atom stereocenters. The molecule has 11 nitrogen and oxygen atoms in total. The number of methoxy groups -OCH3 is 1. The summed E-state index contributed by atoms with van der Waals surface area (Å²) in [7, 11) is 1.19. The second-order valence-corrected chi connectivity index (χ2v) is 8.25. The molecule has 0 aromatic heterocycles. The molecule has 2 saturated heterocycles. The van der Waals surface area contributed by atoms with E-state index in [1.807, 2.05) is 0 Å². The van der Waals surface area contributed by atoms with Crippen LogP contribution in [0.2, 0.25) is 0 Å². The first-order valence-corrected chi connectivity index (χ1v) is 10.3. The molecule has 0 saturated carbocycles. The number of nitrogens with one attached hydrogen (secondary N) is 1. The summed E-state index contributed by atoms with van der Waals surface area (Å²) < 4.78 is 16.1. The summed E-state index contributed by atoms with van der Waals surface area (Å²) in [5.41, 5.74) is -0.838. The fourth-order valence-corrected chi connectivity index (χ4v) is 4.90. The van der Waals surface area contributed by atoms with E-state index in [0.717, 1.165) is 0 Å². The van der Waals surface area contributed by atoms with Crippen LogP contribution in [0.25, 0.3) is 0 Å². The number of benzene rings is 1. The van der Waals surface area contributed by atoms with Gasteiger partial charge in [-0.3, -0.25) is 14.9 Å². The van der Waals surface area contributed by atoms with Crippen molar-refractivity contribution >= 4 is 17.4 Å². The number of aliphatic hydroxyl groups is 2. The summed E-state index contributed by atoms with van der Waals surface area (Å²) in [4.78, 5) is 37.7. The number of esters is 1. The highest BCUT2D eigenvalue weighted by atomic mass is 16.6. The number of hydrogen-bond acceptors (Lipinski definition) is 10. The number of hydrogen-bond donors (Lipinski definition) is 3. The fourth-order valence-electron chi connectivity index (χ4n) is 4.90. The zero-order valence-corrected chi connectivity index (χ0v) is 18.2. The van der Waals surface area contributed by atoms with E-state index in [2.05, 4.69) is 5.32 Å². The second kappa shape index (κ2) is 8.34. The average molecular weight is 460 g/mol. The summed E-state index contributed by atoms with van der Waals surface area (Å²) in [5, 5.41) is 35.4. The Morgan fingerprint density at radius 1 is 1.21 bits per heavy atom. The number of nitro benzene ring substituents is 1. The van der Waals surface area contributed by atoms with Gasteiger partial charge in [0.05, 0.1) is 30.8 Å². The smallest absolute Gasteiger partial charge is 0.336 e. The number of carbonyl (C=O) groups excluding carboxylic acids is 2. The molecule has 0 radical (unpaired) electrons. The SMILES string of the molecule is COC(=O)C1=C(C)NC(C)=C(C(=O)[C@]23OC[C@@H](O)[C@H]2OC[C@@H]3O)C1c1cccc([N+](=O)[O-])c1. The normalized spacial score (nSPS) is 31.3. The number of nitro groups is 1. The van der Waals surface area contributed by atoms with Crippen molar-refractivity contribution in [3.05, 3.63) is 62.5 Å². The van der Waals surface area contributed by atoms with Crippen molar-refractivity contribution in [2.75, 3.05) is 20.3 Å². The van der Waals surface area contributed by atoms with Gasteiger partial charge in [0.25, 0.3) is 5.69 Å². The minimum Gasteiger partial charge on any atom is -0.466 e. The first-order valence-electron chi connectivity index (χ1n) is 10.3. The van der Waals surface area contributed by atoms with Gasteiger partial charge in [-0.05, 0) is 19.4 Å². The highest BCUT2D eigenvalue weighted by Gasteiger charge is 2.65. The lowest BCUT2D eigenvalue weighted by atomic mass is 9.73. The molecule has 2 fully saturated rings. The van der Waals surface area contributed by atoms with Crippen molar-refractivity contribution in [1.82, 2.24) is 5.32 Å². The number of carbonyl (C=O) groups is 2. The predicted octanol–water partition coefficient (Wildman–Crippen LogP) is 0.461. The van der Waals surface area contributed by atoms with E-state index in [1.54, 1.807) is 19.9 Å². The Bertz CT molecular complexity index is 1100. The van der Waals surface area contributed by atoms with E-state index < -0.39 is 46.5 Å². The molecule has 0 aliphatic carbocycles. The van der Waals surface area contributed by atoms with Gasteiger partial charge in [0.15, 0.2) is 11.4 Å². The van der Waals surface area contributed by atoms with Crippen LogP contribution in [0.5, 0.6) is 0 Å². The zero-order chi connectivity index (χ0) is 24.1. The Labute approximate surface area is 188 Å². The summed E-state index contributed by atoms with van der Waals surface area (Å²) in [6, 6.07) is 5.62. The molecule has 1 aromatic carbocycles. The first-order chi connectivity index (χ1) is 15.6. The number of dihydropyridines is 1. The van der Waals surface area contributed by atoms with Crippen LogP contribution in [-0.4, -0.2) is 71.1 Å². The van der Waals surface area contributed by atoms with Gasteiger partial charge in [-0.1, -0.05) is 12.1 Å². The third-order valence-electron chi connectivity index (χ3n) is 6.37. The number of rotatable bonds is 5. The van der Waals surface area contributed by atoms with Gasteiger partial charge in [0.1, 0.15) is 18.3 Å². The van der Waals surface area contributed by atoms with Gasteiger partial charge in [-0.25, -0.2) is 4.79 Å². The van der Waals surface area contributed by atoms with E-state index >= 15 is 0 Å². The van der Waals surface area contributed by atoms with Gasteiger partial charge >= 0.3 is 5.97 Å². The van der Waals surface area contributed by atoms with E-state index in [0.29, 0.717) is 17.0 Å². The Morgan fingerprint density at radius 3 is 2.58 bits per heavy atom. The van der Waals surface area contributed by atoms with Crippen molar-refractivity contribution in [2.45, 2.75) is 43.7 Å². The summed E-state index contributed by atoms with van der Waals surface area (Å²) in [6.07, 6.45) is -3.58. The lowest BCUT2D eigenvalue weighted by Gasteiger charge is -2.36. The van der Waals surface area contributed by atoms with Crippen LogP contribution in [-0.2, 0) is 23.8 Å².